The fourth-order valence-corrected chi connectivity index (χ4v) is 4.16. The van der Waals surface area contributed by atoms with Crippen LogP contribution in [0.2, 0.25) is 0 Å². The highest BCUT2D eigenvalue weighted by atomic mass is 79.9. The number of carbonyl (C=O) groups is 2. The van der Waals surface area contributed by atoms with Crippen LogP contribution >= 0.6 is 15.9 Å². The fraction of sp³-hybridized carbons (Fsp3) is 0.107. The van der Waals surface area contributed by atoms with Crippen LogP contribution in [-0.4, -0.2) is 29.9 Å². The van der Waals surface area contributed by atoms with Gasteiger partial charge in [-0.2, -0.15) is 5.26 Å². The Morgan fingerprint density at radius 2 is 1.83 bits per heavy atom. The number of anilines is 1. The molecule has 0 saturated carbocycles. The summed E-state index contributed by atoms with van der Waals surface area (Å²) in [6.45, 7) is 0.242. The number of halogens is 1. The molecule has 8 heteroatoms. The van der Waals surface area contributed by atoms with E-state index in [1.165, 1.54) is 6.08 Å². The Labute approximate surface area is 216 Å². The van der Waals surface area contributed by atoms with Crippen molar-refractivity contribution in [2.75, 3.05) is 18.5 Å². The maximum atomic E-state index is 12.6. The van der Waals surface area contributed by atoms with E-state index in [0.717, 1.165) is 16.5 Å². The Kier molecular flexibility index (Phi) is 8.16. The lowest BCUT2D eigenvalue weighted by molar-refractivity contribution is -0.118. The van der Waals surface area contributed by atoms with E-state index in [1.54, 1.807) is 30.3 Å². The molecule has 4 rings (SSSR count). The first-order chi connectivity index (χ1) is 17.5. The summed E-state index contributed by atoms with van der Waals surface area (Å²) in [6.07, 6.45) is 4.09. The summed E-state index contributed by atoms with van der Waals surface area (Å²) >= 11 is 3.42. The zero-order valence-electron chi connectivity index (χ0n) is 19.3. The van der Waals surface area contributed by atoms with Crippen LogP contribution in [0.3, 0.4) is 0 Å². The van der Waals surface area contributed by atoms with Crippen LogP contribution in [-0.2, 0) is 16.0 Å². The molecule has 7 nitrogen and oxygen atoms in total. The lowest BCUT2D eigenvalue weighted by Crippen LogP contribution is -2.26. The van der Waals surface area contributed by atoms with Gasteiger partial charge in [-0.25, -0.2) is 0 Å². The highest BCUT2D eigenvalue weighted by Crippen LogP contribution is 2.27. The summed E-state index contributed by atoms with van der Waals surface area (Å²) in [5.41, 5.74) is 3.48. The van der Waals surface area contributed by atoms with Crippen LogP contribution in [0.15, 0.2) is 89.0 Å². The number of benzene rings is 3. The number of aromatic amines is 1. The molecule has 0 aliphatic rings. The van der Waals surface area contributed by atoms with Gasteiger partial charge in [0.05, 0.1) is 4.47 Å². The summed E-state index contributed by atoms with van der Waals surface area (Å²) in [6, 6.07) is 24.2. The molecular weight excluding hydrogens is 520 g/mol. The second-order valence-corrected chi connectivity index (χ2v) is 8.78. The van der Waals surface area contributed by atoms with Crippen LogP contribution in [0.4, 0.5) is 5.69 Å². The van der Waals surface area contributed by atoms with Gasteiger partial charge in [-0.05, 0) is 69.9 Å². The van der Waals surface area contributed by atoms with Crippen LogP contribution in [0.25, 0.3) is 17.0 Å². The lowest BCUT2D eigenvalue weighted by Gasteiger charge is -2.10. The molecule has 0 saturated heterocycles. The minimum Gasteiger partial charge on any atom is -0.483 e. The number of nitrogens with zero attached hydrogens (tertiary/aromatic N) is 1. The van der Waals surface area contributed by atoms with E-state index in [4.69, 9.17) is 4.74 Å². The van der Waals surface area contributed by atoms with Crippen molar-refractivity contribution in [2.45, 2.75) is 6.42 Å². The second kappa shape index (κ2) is 11.9. The molecule has 0 radical (unpaired) electrons. The number of H-pyrrole nitrogens is 1. The van der Waals surface area contributed by atoms with Crippen molar-refractivity contribution in [3.8, 4) is 11.8 Å². The number of aromatic nitrogens is 1. The zero-order valence-corrected chi connectivity index (χ0v) is 20.8. The number of ether oxygens (including phenoxy) is 1. The van der Waals surface area contributed by atoms with Crippen LogP contribution < -0.4 is 15.4 Å². The quantitative estimate of drug-likeness (QED) is 0.199. The Morgan fingerprint density at radius 3 is 2.61 bits per heavy atom. The molecule has 0 fully saturated rings. The highest BCUT2D eigenvalue weighted by molar-refractivity contribution is 9.10. The maximum Gasteiger partial charge on any atom is 0.262 e. The van der Waals surface area contributed by atoms with Crippen molar-refractivity contribution in [1.29, 1.82) is 5.26 Å². The summed E-state index contributed by atoms with van der Waals surface area (Å²) in [7, 11) is 0. The number of hydrogen-bond donors (Lipinski definition) is 3. The van der Waals surface area contributed by atoms with Gasteiger partial charge in [-0.3, -0.25) is 9.59 Å². The Balaban J connectivity index is 1.32. The number of nitriles is 1. The van der Waals surface area contributed by atoms with E-state index in [2.05, 4.69) is 31.5 Å². The third kappa shape index (κ3) is 6.40. The standard InChI is InChI=1S/C28H23BrN4O3/c29-24-15-19(10-11-26(24)36-18-27(34)33-22-6-2-1-3-7-22)14-21(16-30)28(35)31-13-12-20-17-32-25-9-5-4-8-23(20)25/h1-11,14-15,17,32H,12-13,18H2,(H,31,35)(H,33,34)/b21-14-. The van der Waals surface area contributed by atoms with Crippen molar-refractivity contribution in [1.82, 2.24) is 10.3 Å². The van der Waals surface area contributed by atoms with E-state index in [0.29, 0.717) is 34.4 Å². The van der Waals surface area contributed by atoms with Crippen molar-refractivity contribution in [3.05, 3.63) is 100 Å². The van der Waals surface area contributed by atoms with E-state index in [1.807, 2.05) is 54.7 Å². The molecule has 3 N–H and O–H groups in total. The number of hydrogen-bond acceptors (Lipinski definition) is 4. The number of para-hydroxylation sites is 2. The first-order valence-electron chi connectivity index (χ1n) is 11.3. The summed E-state index contributed by atoms with van der Waals surface area (Å²) in [5.74, 6) is -0.253. The van der Waals surface area contributed by atoms with Crippen molar-refractivity contribution < 1.29 is 14.3 Å². The highest BCUT2D eigenvalue weighted by Gasteiger charge is 2.11. The normalized spacial score (nSPS) is 11.1. The summed E-state index contributed by atoms with van der Waals surface area (Å²) in [5, 5.41) is 16.2. The Hall–Kier alpha value is -4.35. The largest absolute Gasteiger partial charge is 0.483 e. The lowest BCUT2D eigenvalue weighted by atomic mass is 10.1. The molecule has 0 spiro atoms. The van der Waals surface area contributed by atoms with Gasteiger partial charge >= 0.3 is 0 Å². The van der Waals surface area contributed by atoms with Gasteiger partial charge in [0.2, 0.25) is 0 Å². The summed E-state index contributed by atoms with van der Waals surface area (Å²) in [4.78, 5) is 27.9. The molecule has 36 heavy (non-hydrogen) atoms. The number of amides is 2. The van der Waals surface area contributed by atoms with E-state index in [-0.39, 0.29) is 18.1 Å². The molecule has 0 atom stereocenters. The Morgan fingerprint density at radius 1 is 1.06 bits per heavy atom. The smallest absolute Gasteiger partial charge is 0.262 e. The molecule has 4 aromatic rings. The van der Waals surface area contributed by atoms with Crippen molar-refractivity contribution in [2.24, 2.45) is 0 Å². The third-order valence-corrected chi connectivity index (χ3v) is 6.02. The van der Waals surface area contributed by atoms with Gasteiger partial charge in [0.15, 0.2) is 6.61 Å². The SMILES string of the molecule is N#C/C(=C/c1ccc(OCC(=O)Nc2ccccc2)c(Br)c1)C(=O)NCCc1c[nH]c2ccccc12. The van der Waals surface area contributed by atoms with Crippen LogP contribution in [0.5, 0.6) is 5.75 Å². The van der Waals surface area contributed by atoms with Crippen LogP contribution in [0, 0.1) is 11.3 Å². The molecule has 2 amide bonds. The monoisotopic (exact) mass is 542 g/mol. The second-order valence-electron chi connectivity index (χ2n) is 7.93. The molecule has 0 unspecified atom stereocenters. The number of fused-ring (bicyclic) bond motifs is 1. The van der Waals surface area contributed by atoms with Crippen LogP contribution in [0.1, 0.15) is 11.1 Å². The first-order valence-corrected chi connectivity index (χ1v) is 12.0. The average molecular weight is 543 g/mol. The first kappa shape index (κ1) is 24.8. The van der Waals surface area contributed by atoms with Gasteiger partial charge in [0.25, 0.3) is 11.8 Å². The van der Waals surface area contributed by atoms with Gasteiger partial charge in [-0.1, -0.05) is 42.5 Å². The Bertz CT molecular complexity index is 1450. The van der Waals surface area contributed by atoms with E-state index >= 15 is 0 Å². The molecule has 1 aromatic heterocycles. The van der Waals surface area contributed by atoms with Crippen molar-refractivity contribution >= 4 is 50.4 Å². The molecule has 3 aromatic carbocycles. The predicted molar refractivity (Wildman–Crippen MR) is 143 cm³/mol. The topological polar surface area (TPSA) is 107 Å². The molecule has 0 aliphatic heterocycles. The molecule has 1 heterocycles. The molecule has 0 aliphatic carbocycles. The minimum atomic E-state index is -0.439. The summed E-state index contributed by atoms with van der Waals surface area (Å²) < 4.78 is 6.20. The molecule has 0 bridgehead atoms. The zero-order chi connectivity index (χ0) is 25.3. The van der Waals surface area contributed by atoms with Crippen molar-refractivity contribution in [3.63, 3.8) is 0 Å². The minimum absolute atomic E-state index is 0.00302. The predicted octanol–water partition coefficient (Wildman–Crippen LogP) is 5.21. The maximum absolute atomic E-state index is 12.6. The van der Waals surface area contributed by atoms with E-state index in [9.17, 15) is 14.9 Å². The van der Waals surface area contributed by atoms with Gasteiger partial charge < -0.3 is 20.4 Å². The van der Waals surface area contributed by atoms with Gasteiger partial charge in [0.1, 0.15) is 17.4 Å². The molecular formula is C28H23BrN4O3. The van der Waals surface area contributed by atoms with E-state index < -0.39 is 5.91 Å². The van der Waals surface area contributed by atoms with Gasteiger partial charge in [0, 0.05) is 29.3 Å². The number of nitrogens with one attached hydrogen (secondary N) is 3. The fourth-order valence-electron chi connectivity index (χ4n) is 3.65. The van der Waals surface area contributed by atoms with Gasteiger partial charge in [-0.15, -0.1) is 0 Å². The average Bonchev–Trinajstić information content (AvgIpc) is 3.30. The third-order valence-electron chi connectivity index (χ3n) is 5.40. The number of rotatable bonds is 9. The number of carbonyl (C=O) groups excluding carboxylic acids is 2. The molecule has 180 valence electrons.